The van der Waals surface area contributed by atoms with E-state index in [1.54, 1.807) is 43.4 Å². The molecular formula is C15H12Br2N2O2. The highest BCUT2D eigenvalue weighted by Gasteiger charge is 2.11. The van der Waals surface area contributed by atoms with Crippen LogP contribution in [0.2, 0.25) is 0 Å². The summed E-state index contributed by atoms with van der Waals surface area (Å²) in [7, 11) is 1.57. The summed E-state index contributed by atoms with van der Waals surface area (Å²) in [6.07, 6.45) is 0. The fourth-order valence-electron chi connectivity index (χ4n) is 1.72. The number of anilines is 1. The minimum Gasteiger partial charge on any atom is -0.355 e. The lowest BCUT2D eigenvalue weighted by Crippen LogP contribution is -2.18. The van der Waals surface area contributed by atoms with E-state index in [9.17, 15) is 9.59 Å². The molecule has 0 atom stereocenters. The first-order valence-corrected chi connectivity index (χ1v) is 7.68. The van der Waals surface area contributed by atoms with Crippen LogP contribution in [0, 0.1) is 0 Å². The van der Waals surface area contributed by atoms with Crippen LogP contribution in [-0.4, -0.2) is 18.9 Å². The number of benzene rings is 2. The Kier molecular flexibility index (Phi) is 5.14. The van der Waals surface area contributed by atoms with Crippen LogP contribution >= 0.6 is 31.9 Å². The summed E-state index contributed by atoms with van der Waals surface area (Å²) in [5.74, 6) is -0.390. The quantitative estimate of drug-likeness (QED) is 0.806. The van der Waals surface area contributed by atoms with Gasteiger partial charge in [0.05, 0.1) is 5.56 Å². The Morgan fingerprint density at radius 1 is 0.952 bits per heavy atom. The third-order valence-corrected chi connectivity index (χ3v) is 3.99. The average Bonchev–Trinajstić information content (AvgIpc) is 2.49. The number of nitrogens with one attached hydrogen (secondary N) is 2. The maximum atomic E-state index is 12.2. The molecule has 21 heavy (non-hydrogen) atoms. The van der Waals surface area contributed by atoms with E-state index in [-0.39, 0.29) is 11.8 Å². The Morgan fingerprint density at radius 3 is 2.24 bits per heavy atom. The minimum atomic E-state index is -0.226. The van der Waals surface area contributed by atoms with Crippen molar-refractivity contribution in [2.45, 2.75) is 0 Å². The third kappa shape index (κ3) is 3.92. The van der Waals surface area contributed by atoms with Gasteiger partial charge in [-0.3, -0.25) is 9.59 Å². The van der Waals surface area contributed by atoms with Gasteiger partial charge < -0.3 is 10.6 Å². The summed E-state index contributed by atoms with van der Waals surface area (Å²) in [6.45, 7) is 0. The first kappa shape index (κ1) is 15.7. The van der Waals surface area contributed by atoms with E-state index in [0.717, 1.165) is 4.47 Å². The molecule has 0 saturated carbocycles. The molecule has 0 radical (unpaired) electrons. The monoisotopic (exact) mass is 410 g/mol. The van der Waals surface area contributed by atoms with E-state index in [2.05, 4.69) is 42.5 Å². The van der Waals surface area contributed by atoms with Crippen LogP contribution in [0.1, 0.15) is 20.7 Å². The van der Waals surface area contributed by atoms with Crippen molar-refractivity contribution in [1.82, 2.24) is 5.32 Å². The van der Waals surface area contributed by atoms with Crippen molar-refractivity contribution in [3.8, 4) is 0 Å². The van der Waals surface area contributed by atoms with Gasteiger partial charge in [-0.2, -0.15) is 0 Å². The Hall–Kier alpha value is -1.66. The smallest absolute Gasteiger partial charge is 0.256 e. The third-order valence-electron chi connectivity index (χ3n) is 2.81. The molecule has 0 aliphatic rings. The highest BCUT2D eigenvalue weighted by atomic mass is 79.9. The number of hydrogen-bond donors (Lipinski definition) is 2. The van der Waals surface area contributed by atoms with Gasteiger partial charge in [-0.25, -0.2) is 0 Å². The highest BCUT2D eigenvalue weighted by molar-refractivity contribution is 9.11. The molecular weight excluding hydrogens is 400 g/mol. The molecule has 2 N–H and O–H groups in total. The lowest BCUT2D eigenvalue weighted by molar-refractivity contribution is 0.0962. The fourth-order valence-corrected chi connectivity index (χ4v) is 2.51. The van der Waals surface area contributed by atoms with Crippen LogP contribution < -0.4 is 10.6 Å². The summed E-state index contributed by atoms with van der Waals surface area (Å²) in [6, 6.07) is 12.1. The van der Waals surface area contributed by atoms with Gasteiger partial charge in [0.2, 0.25) is 0 Å². The van der Waals surface area contributed by atoms with E-state index in [1.165, 1.54) is 0 Å². The molecule has 0 bridgehead atoms. The molecule has 0 spiro atoms. The first-order valence-electron chi connectivity index (χ1n) is 6.10. The maximum Gasteiger partial charge on any atom is 0.256 e. The van der Waals surface area contributed by atoms with E-state index in [4.69, 9.17) is 0 Å². The Bertz CT molecular complexity index is 685. The molecule has 4 nitrogen and oxygen atoms in total. The second kappa shape index (κ2) is 6.87. The van der Waals surface area contributed by atoms with Crippen molar-refractivity contribution in [2.75, 3.05) is 12.4 Å². The number of carbonyl (C=O) groups is 2. The van der Waals surface area contributed by atoms with Gasteiger partial charge in [0.15, 0.2) is 0 Å². The molecule has 0 aromatic heterocycles. The van der Waals surface area contributed by atoms with Gasteiger partial charge in [-0.05, 0) is 58.4 Å². The second-order valence-electron chi connectivity index (χ2n) is 4.23. The predicted molar refractivity (Wildman–Crippen MR) is 89.6 cm³/mol. The maximum absolute atomic E-state index is 12.2. The zero-order valence-electron chi connectivity index (χ0n) is 11.1. The minimum absolute atomic E-state index is 0.164. The number of carbonyl (C=O) groups excluding carboxylic acids is 2. The lowest BCUT2D eigenvalue weighted by Gasteiger charge is -2.08. The van der Waals surface area contributed by atoms with Crippen LogP contribution in [-0.2, 0) is 0 Å². The van der Waals surface area contributed by atoms with Gasteiger partial charge in [0.1, 0.15) is 0 Å². The van der Waals surface area contributed by atoms with Crippen molar-refractivity contribution >= 4 is 49.4 Å². The number of hydrogen-bond acceptors (Lipinski definition) is 2. The van der Waals surface area contributed by atoms with Crippen molar-refractivity contribution in [2.24, 2.45) is 0 Å². The van der Waals surface area contributed by atoms with E-state index >= 15 is 0 Å². The fraction of sp³-hybridized carbons (Fsp3) is 0.0667. The average molecular weight is 412 g/mol. The molecule has 0 heterocycles. The van der Waals surface area contributed by atoms with Crippen LogP contribution in [0.15, 0.2) is 51.4 Å². The first-order chi connectivity index (χ1) is 10.0. The van der Waals surface area contributed by atoms with Gasteiger partial charge >= 0.3 is 0 Å². The lowest BCUT2D eigenvalue weighted by atomic mass is 10.1. The standard InChI is InChI=1S/C15H12Br2N2O2/c1-18-14(20)9-2-5-11(6-3-9)19-15(21)12-8-10(16)4-7-13(12)17/h2-8H,1H3,(H,18,20)(H,19,21). The largest absolute Gasteiger partial charge is 0.355 e. The molecule has 0 fully saturated rings. The molecule has 2 aromatic rings. The van der Waals surface area contributed by atoms with Crippen molar-refractivity contribution in [3.63, 3.8) is 0 Å². The molecule has 0 saturated heterocycles. The summed E-state index contributed by atoms with van der Waals surface area (Å²) in [4.78, 5) is 23.7. The molecule has 108 valence electrons. The summed E-state index contributed by atoms with van der Waals surface area (Å²) >= 11 is 6.69. The Balaban J connectivity index is 2.16. The Labute approximate surface area is 139 Å². The molecule has 6 heteroatoms. The summed E-state index contributed by atoms with van der Waals surface area (Å²) < 4.78 is 1.54. The van der Waals surface area contributed by atoms with Crippen LogP contribution in [0.4, 0.5) is 5.69 Å². The van der Waals surface area contributed by atoms with Crippen molar-refractivity contribution in [3.05, 3.63) is 62.5 Å². The predicted octanol–water partition coefficient (Wildman–Crippen LogP) is 3.82. The number of rotatable bonds is 3. The number of amides is 2. The van der Waals surface area contributed by atoms with Crippen LogP contribution in [0.3, 0.4) is 0 Å². The molecule has 0 aliphatic heterocycles. The molecule has 2 rings (SSSR count). The zero-order chi connectivity index (χ0) is 15.4. The van der Waals surface area contributed by atoms with E-state index < -0.39 is 0 Å². The SMILES string of the molecule is CNC(=O)c1ccc(NC(=O)c2cc(Br)ccc2Br)cc1. The topological polar surface area (TPSA) is 58.2 Å². The van der Waals surface area contributed by atoms with Gasteiger partial charge in [0.25, 0.3) is 11.8 Å². The molecule has 0 aliphatic carbocycles. The van der Waals surface area contributed by atoms with Gasteiger partial charge in [0, 0.05) is 27.2 Å². The van der Waals surface area contributed by atoms with Crippen LogP contribution in [0.25, 0.3) is 0 Å². The summed E-state index contributed by atoms with van der Waals surface area (Å²) in [5, 5.41) is 5.33. The van der Waals surface area contributed by atoms with E-state index in [0.29, 0.717) is 21.3 Å². The van der Waals surface area contributed by atoms with Crippen molar-refractivity contribution < 1.29 is 9.59 Å². The Morgan fingerprint density at radius 2 is 1.62 bits per heavy atom. The van der Waals surface area contributed by atoms with Gasteiger partial charge in [-0.1, -0.05) is 15.9 Å². The summed E-state index contributed by atoms with van der Waals surface area (Å²) in [5.41, 5.74) is 1.69. The molecule has 0 unspecified atom stereocenters. The number of halogens is 2. The molecule has 2 aromatic carbocycles. The van der Waals surface area contributed by atoms with E-state index in [1.807, 2.05) is 6.07 Å². The van der Waals surface area contributed by atoms with Crippen molar-refractivity contribution in [1.29, 1.82) is 0 Å². The molecule has 2 amide bonds. The van der Waals surface area contributed by atoms with Gasteiger partial charge in [-0.15, -0.1) is 0 Å². The highest BCUT2D eigenvalue weighted by Crippen LogP contribution is 2.22. The van der Waals surface area contributed by atoms with Crippen LogP contribution in [0.5, 0.6) is 0 Å². The second-order valence-corrected chi connectivity index (χ2v) is 6.00. The normalized spacial score (nSPS) is 10.0. The zero-order valence-corrected chi connectivity index (χ0v) is 14.3.